The molecule has 0 spiro atoms. The Morgan fingerprint density at radius 3 is 2.23 bits per heavy atom. The summed E-state index contributed by atoms with van der Waals surface area (Å²) in [5, 5.41) is 1.59. The van der Waals surface area contributed by atoms with Crippen LogP contribution in [0.4, 0.5) is 0 Å². The predicted molar refractivity (Wildman–Crippen MR) is 90.8 cm³/mol. The molecular formula is C18H22O3S. The van der Waals surface area contributed by atoms with Crippen LogP contribution < -0.4 is 0 Å². The average Bonchev–Trinajstić information content (AvgIpc) is 2.46. The van der Waals surface area contributed by atoms with Gasteiger partial charge in [-0.25, -0.2) is 8.42 Å². The van der Waals surface area contributed by atoms with Gasteiger partial charge in [0.25, 0.3) is 0 Å². The van der Waals surface area contributed by atoms with Gasteiger partial charge in [-0.05, 0) is 44.0 Å². The van der Waals surface area contributed by atoms with E-state index in [4.69, 9.17) is 0 Å². The van der Waals surface area contributed by atoms with Crippen molar-refractivity contribution in [1.82, 2.24) is 0 Å². The molecule has 0 aliphatic heterocycles. The topological polar surface area (TPSA) is 51.2 Å². The summed E-state index contributed by atoms with van der Waals surface area (Å²) in [4.78, 5) is 12.5. The van der Waals surface area contributed by atoms with Crippen LogP contribution in [0.15, 0.2) is 42.5 Å². The monoisotopic (exact) mass is 318 g/mol. The van der Waals surface area contributed by atoms with Crippen LogP contribution in [0.3, 0.4) is 0 Å². The summed E-state index contributed by atoms with van der Waals surface area (Å²) in [5.41, 5.74) is 0.843. The maximum Gasteiger partial charge on any atom is 0.164 e. The van der Waals surface area contributed by atoms with Gasteiger partial charge in [0.05, 0.1) is 5.25 Å². The van der Waals surface area contributed by atoms with Gasteiger partial charge in [0, 0.05) is 6.42 Å². The lowest BCUT2D eigenvalue weighted by Crippen LogP contribution is -2.45. The lowest BCUT2D eigenvalue weighted by Gasteiger charge is -2.25. The third-order valence-electron chi connectivity index (χ3n) is 4.18. The summed E-state index contributed by atoms with van der Waals surface area (Å²) in [5.74, 6) is -0.267. The quantitative estimate of drug-likeness (QED) is 0.847. The third kappa shape index (κ3) is 2.93. The van der Waals surface area contributed by atoms with Gasteiger partial charge in [0.15, 0.2) is 15.6 Å². The Morgan fingerprint density at radius 2 is 1.64 bits per heavy atom. The van der Waals surface area contributed by atoms with Crippen LogP contribution in [0, 0.1) is 0 Å². The molecule has 2 aromatic carbocycles. The van der Waals surface area contributed by atoms with Crippen molar-refractivity contribution in [2.24, 2.45) is 0 Å². The maximum atomic E-state index is 12.5. The second kappa shape index (κ2) is 5.84. The van der Waals surface area contributed by atoms with Crippen molar-refractivity contribution in [2.45, 2.75) is 44.1 Å². The molecule has 0 heterocycles. The van der Waals surface area contributed by atoms with Crippen LogP contribution in [0.25, 0.3) is 10.8 Å². The first kappa shape index (κ1) is 16.7. The van der Waals surface area contributed by atoms with Gasteiger partial charge in [-0.2, -0.15) is 0 Å². The highest BCUT2D eigenvalue weighted by Crippen LogP contribution is 2.25. The number of rotatable bonds is 5. The number of fused-ring (bicyclic) bond motifs is 1. The fourth-order valence-corrected chi connectivity index (χ4v) is 4.06. The van der Waals surface area contributed by atoms with Crippen molar-refractivity contribution in [3.8, 4) is 0 Å². The van der Waals surface area contributed by atoms with Crippen molar-refractivity contribution >= 4 is 26.4 Å². The number of hydrogen-bond donors (Lipinski definition) is 0. The van der Waals surface area contributed by atoms with Gasteiger partial charge >= 0.3 is 0 Å². The van der Waals surface area contributed by atoms with Gasteiger partial charge in [-0.1, -0.05) is 42.5 Å². The van der Waals surface area contributed by atoms with Crippen LogP contribution >= 0.6 is 0 Å². The van der Waals surface area contributed by atoms with Crippen LogP contribution in [-0.4, -0.2) is 24.2 Å². The van der Waals surface area contributed by atoms with Gasteiger partial charge in [-0.15, -0.1) is 0 Å². The number of carbonyl (C=O) groups excluding carboxylic acids is 1. The molecule has 2 aromatic rings. The number of benzene rings is 2. The number of sulfone groups is 1. The van der Waals surface area contributed by atoms with Crippen LogP contribution in [-0.2, 0) is 21.1 Å². The summed E-state index contributed by atoms with van der Waals surface area (Å²) in [7, 11) is -3.49. The Bertz CT molecular complexity index is 802. The number of hydrogen-bond acceptors (Lipinski definition) is 3. The first-order chi connectivity index (χ1) is 10.2. The molecular weight excluding hydrogens is 296 g/mol. The molecule has 0 N–H and O–H groups in total. The molecule has 4 heteroatoms. The van der Waals surface area contributed by atoms with Crippen LogP contribution in [0.1, 0.15) is 33.3 Å². The molecule has 0 atom stereocenters. The van der Waals surface area contributed by atoms with Crippen molar-refractivity contribution in [1.29, 1.82) is 0 Å². The Kier molecular flexibility index (Phi) is 4.43. The van der Waals surface area contributed by atoms with E-state index < -0.39 is 19.8 Å². The van der Waals surface area contributed by atoms with Gasteiger partial charge < -0.3 is 0 Å². The minimum absolute atomic E-state index is 0.129. The van der Waals surface area contributed by atoms with E-state index in [0.717, 1.165) is 16.3 Å². The molecule has 0 saturated heterocycles. The fraction of sp³-hybridized carbons (Fsp3) is 0.389. The molecule has 0 fully saturated rings. The molecule has 0 saturated carbocycles. The molecule has 2 rings (SSSR count). The van der Waals surface area contributed by atoms with Crippen molar-refractivity contribution in [3.05, 3.63) is 48.0 Å². The predicted octanol–water partition coefficient (Wildman–Crippen LogP) is 3.55. The van der Waals surface area contributed by atoms with E-state index in [-0.39, 0.29) is 12.2 Å². The highest BCUT2D eigenvalue weighted by molar-refractivity contribution is 7.94. The first-order valence-electron chi connectivity index (χ1n) is 7.40. The smallest absolute Gasteiger partial charge is 0.164 e. The van der Waals surface area contributed by atoms with Crippen LogP contribution in [0.2, 0.25) is 0 Å². The lowest BCUT2D eigenvalue weighted by atomic mass is 9.98. The second-order valence-electron chi connectivity index (χ2n) is 6.39. The summed E-state index contributed by atoms with van der Waals surface area (Å²) in [6.07, 6.45) is 0.129. The van der Waals surface area contributed by atoms with Gasteiger partial charge in [-0.3, -0.25) is 4.79 Å². The molecule has 0 aliphatic carbocycles. The zero-order valence-electron chi connectivity index (χ0n) is 13.5. The van der Waals surface area contributed by atoms with E-state index in [0.29, 0.717) is 0 Å². The lowest BCUT2D eigenvalue weighted by molar-refractivity contribution is -0.120. The van der Waals surface area contributed by atoms with Gasteiger partial charge in [0.1, 0.15) is 4.75 Å². The fourth-order valence-electron chi connectivity index (χ4n) is 2.49. The third-order valence-corrected chi connectivity index (χ3v) is 7.07. The molecule has 0 aromatic heterocycles. The zero-order valence-corrected chi connectivity index (χ0v) is 14.3. The first-order valence-corrected chi connectivity index (χ1v) is 8.95. The van der Waals surface area contributed by atoms with Crippen molar-refractivity contribution in [2.75, 3.05) is 0 Å². The molecule has 0 amide bonds. The average molecular weight is 318 g/mol. The molecule has 0 bridgehead atoms. The van der Waals surface area contributed by atoms with E-state index in [1.807, 2.05) is 42.5 Å². The van der Waals surface area contributed by atoms with E-state index in [1.54, 1.807) is 13.8 Å². The molecule has 0 radical (unpaired) electrons. The Balaban J connectivity index is 2.30. The number of Topliss-reactive ketones (excluding diaryl/α,β-unsaturated/α-hetero) is 1. The minimum Gasteiger partial charge on any atom is -0.298 e. The highest BCUT2D eigenvalue weighted by Gasteiger charge is 2.42. The Morgan fingerprint density at radius 1 is 1.05 bits per heavy atom. The van der Waals surface area contributed by atoms with Crippen molar-refractivity contribution < 1.29 is 13.2 Å². The highest BCUT2D eigenvalue weighted by atomic mass is 32.2. The number of carbonyl (C=O) groups is 1. The zero-order chi connectivity index (χ0) is 16.5. The van der Waals surface area contributed by atoms with E-state index in [2.05, 4.69) is 0 Å². The standard InChI is InChI=1S/C18H22O3S/c1-13(2)22(20,21)18(3,4)17(19)12-14-9-10-15-7-5-6-8-16(15)11-14/h5-11,13H,12H2,1-4H3. The minimum atomic E-state index is -3.49. The van der Waals surface area contributed by atoms with E-state index in [1.165, 1.54) is 13.8 Å². The molecule has 0 unspecified atom stereocenters. The maximum absolute atomic E-state index is 12.5. The second-order valence-corrected chi connectivity index (χ2v) is 9.44. The largest absolute Gasteiger partial charge is 0.298 e. The van der Waals surface area contributed by atoms with Crippen molar-refractivity contribution in [3.63, 3.8) is 0 Å². The molecule has 0 aliphatic rings. The van der Waals surface area contributed by atoms with Gasteiger partial charge in [0.2, 0.25) is 0 Å². The molecule has 118 valence electrons. The normalized spacial score (nSPS) is 12.8. The summed E-state index contributed by atoms with van der Waals surface area (Å²) >= 11 is 0. The van der Waals surface area contributed by atoms with E-state index >= 15 is 0 Å². The van der Waals surface area contributed by atoms with E-state index in [9.17, 15) is 13.2 Å². The number of ketones is 1. The van der Waals surface area contributed by atoms with Crippen LogP contribution in [0.5, 0.6) is 0 Å². The molecule has 22 heavy (non-hydrogen) atoms. The Hall–Kier alpha value is -1.68. The molecule has 3 nitrogen and oxygen atoms in total. The summed E-state index contributed by atoms with van der Waals surface area (Å²) < 4.78 is 23.4. The summed E-state index contributed by atoms with van der Waals surface area (Å²) in [6.45, 7) is 6.23. The SMILES string of the molecule is CC(C)S(=O)(=O)C(C)(C)C(=O)Cc1ccc2ccccc2c1. The summed E-state index contributed by atoms with van der Waals surface area (Å²) in [6, 6.07) is 13.7. The Labute approximate surface area is 132 Å².